The molecule has 8 aromatic carbocycles. The van der Waals surface area contributed by atoms with Crippen molar-refractivity contribution < 1.29 is 0 Å². The number of H-pyrrole nitrogens is 1. The fourth-order valence-corrected chi connectivity index (χ4v) is 8.14. The highest BCUT2D eigenvalue weighted by Crippen LogP contribution is 2.46. The monoisotopic (exact) mass is 624 g/mol. The van der Waals surface area contributed by atoms with E-state index in [0.717, 1.165) is 39.3 Å². The Morgan fingerprint density at radius 1 is 0.429 bits per heavy atom. The molecule has 0 radical (unpaired) electrons. The molecule has 4 heteroatoms. The lowest BCUT2D eigenvalue weighted by molar-refractivity contribution is 1.10. The van der Waals surface area contributed by atoms with Gasteiger partial charge in [-0.1, -0.05) is 109 Å². The first kappa shape index (κ1) is 26.4. The molecule has 0 aliphatic carbocycles. The first-order valence-electron chi connectivity index (χ1n) is 16.7. The molecule has 228 valence electrons. The lowest BCUT2D eigenvalue weighted by Crippen LogP contribution is -1.98. The van der Waals surface area contributed by atoms with E-state index in [-0.39, 0.29) is 0 Å². The van der Waals surface area contributed by atoms with Gasteiger partial charge in [0, 0.05) is 60.2 Å². The molecule has 0 saturated heterocycles. The van der Waals surface area contributed by atoms with Crippen LogP contribution in [-0.2, 0) is 0 Å². The quantitative estimate of drug-likeness (QED) is 0.209. The molecule has 4 nitrogen and oxygen atoms in total. The number of rotatable bonds is 3. The van der Waals surface area contributed by atoms with E-state index < -0.39 is 0 Å². The molecule has 3 aromatic heterocycles. The van der Waals surface area contributed by atoms with Crippen molar-refractivity contribution in [2.45, 2.75) is 0 Å². The lowest BCUT2D eigenvalue weighted by atomic mass is 9.98. The molecule has 0 unspecified atom stereocenters. The van der Waals surface area contributed by atoms with Crippen molar-refractivity contribution in [3.63, 3.8) is 0 Å². The van der Waals surface area contributed by atoms with E-state index in [1.165, 1.54) is 59.6 Å². The smallest absolute Gasteiger partial charge is 0.145 e. The zero-order valence-corrected chi connectivity index (χ0v) is 26.4. The van der Waals surface area contributed by atoms with Crippen LogP contribution in [0.25, 0.3) is 99.0 Å². The molecule has 0 amide bonds. The minimum Gasteiger partial charge on any atom is -0.354 e. The normalized spacial score (nSPS) is 12.1. The second-order valence-electron chi connectivity index (χ2n) is 12.9. The van der Waals surface area contributed by atoms with E-state index in [1.54, 1.807) is 0 Å². The maximum atomic E-state index is 5.14. The summed E-state index contributed by atoms with van der Waals surface area (Å²) in [6, 6.07) is 58.7. The van der Waals surface area contributed by atoms with Crippen LogP contribution in [0.3, 0.4) is 0 Å². The van der Waals surface area contributed by atoms with Crippen LogP contribution in [0.1, 0.15) is 0 Å². The van der Waals surface area contributed by atoms with Crippen molar-refractivity contribution in [3.05, 3.63) is 164 Å². The van der Waals surface area contributed by atoms with Crippen LogP contribution in [0, 0.1) is 0 Å². The second kappa shape index (κ2) is 9.93. The molecule has 0 saturated carbocycles. The SMILES string of the molecule is c1ccc(-n2c(-c3ccc(-n4c5c6ccccc6ccc5c5c6c7ccccc7[nH]c6c6ccccc6c54)cc3)nc3ccccc32)cc1. The van der Waals surface area contributed by atoms with Gasteiger partial charge in [-0.3, -0.25) is 4.57 Å². The van der Waals surface area contributed by atoms with Crippen molar-refractivity contribution >= 4 is 76.2 Å². The Balaban J connectivity index is 1.26. The van der Waals surface area contributed by atoms with Gasteiger partial charge in [-0.15, -0.1) is 0 Å². The zero-order valence-electron chi connectivity index (χ0n) is 26.4. The summed E-state index contributed by atoms with van der Waals surface area (Å²) in [6.07, 6.45) is 0. The molecule has 1 N–H and O–H groups in total. The predicted molar refractivity (Wildman–Crippen MR) is 205 cm³/mol. The van der Waals surface area contributed by atoms with Gasteiger partial charge in [0.1, 0.15) is 5.82 Å². The van der Waals surface area contributed by atoms with Crippen LogP contribution in [0.5, 0.6) is 0 Å². The van der Waals surface area contributed by atoms with E-state index in [9.17, 15) is 0 Å². The lowest BCUT2D eigenvalue weighted by Gasteiger charge is -2.13. The second-order valence-corrected chi connectivity index (χ2v) is 12.9. The molecule has 0 spiro atoms. The number of aromatic nitrogens is 4. The fraction of sp³-hybridized carbons (Fsp3) is 0. The van der Waals surface area contributed by atoms with Gasteiger partial charge in [0.15, 0.2) is 0 Å². The van der Waals surface area contributed by atoms with Gasteiger partial charge in [-0.2, -0.15) is 0 Å². The Morgan fingerprint density at radius 3 is 1.96 bits per heavy atom. The Kier molecular flexibility index (Phi) is 5.35. The van der Waals surface area contributed by atoms with Crippen LogP contribution < -0.4 is 0 Å². The minimum absolute atomic E-state index is 0.928. The fourth-order valence-electron chi connectivity index (χ4n) is 8.14. The van der Waals surface area contributed by atoms with E-state index in [4.69, 9.17) is 4.98 Å². The first-order chi connectivity index (χ1) is 24.3. The molecule has 0 atom stereocenters. The van der Waals surface area contributed by atoms with E-state index in [0.29, 0.717) is 0 Å². The van der Waals surface area contributed by atoms with Gasteiger partial charge in [-0.25, -0.2) is 4.98 Å². The summed E-state index contributed by atoms with van der Waals surface area (Å²) in [5, 5.41) is 9.97. The highest BCUT2D eigenvalue weighted by molar-refractivity contribution is 6.38. The van der Waals surface area contributed by atoms with E-state index in [2.05, 4.69) is 178 Å². The average molecular weight is 625 g/mol. The van der Waals surface area contributed by atoms with Crippen LogP contribution in [0.4, 0.5) is 0 Å². The molecule has 11 aromatic rings. The number of nitrogens with one attached hydrogen (secondary N) is 1. The number of nitrogens with zero attached hydrogens (tertiary/aromatic N) is 3. The highest BCUT2D eigenvalue weighted by atomic mass is 15.1. The maximum absolute atomic E-state index is 5.14. The van der Waals surface area contributed by atoms with E-state index in [1.807, 2.05) is 0 Å². The molecule has 0 fully saturated rings. The average Bonchev–Trinajstić information content (AvgIpc) is 3.86. The molecule has 11 rings (SSSR count). The van der Waals surface area contributed by atoms with Crippen LogP contribution in [0.2, 0.25) is 0 Å². The van der Waals surface area contributed by atoms with E-state index >= 15 is 0 Å². The van der Waals surface area contributed by atoms with Gasteiger partial charge < -0.3 is 9.55 Å². The number of aromatic amines is 1. The summed E-state index contributed by atoms with van der Waals surface area (Å²) in [7, 11) is 0. The Labute approximate surface area is 281 Å². The summed E-state index contributed by atoms with van der Waals surface area (Å²) in [5.41, 5.74) is 10.1. The Morgan fingerprint density at radius 2 is 1.10 bits per heavy atom. The molecular formula is C45H28N4. The number of fused-ring (bicyclic) bond motifs is 13. The topological polar surface area (TPSA) is 38.5 Å². The van der Waals surface area contributed by atoms with Crippen LogP contribution in [0.15, 0.2) is 164 Å². The zero-order chi connectivity index (χ0) is 32.1. The molecular weight excluding hydrogens is 597 g/mol. The number of para-hydroxylation sites is 4. The Bertz CT molecular complexity index is 3090. The van der Waals surface area contributed by atoms with Crippen LogP contribution >= 0.6 is 0 Å². The Hall–Kier alpha value is -6.65. The third-order valence-electron chi connectivity index (χ3n) is 10.2. The summed E-state index contributed by atoms with van der Waals surface area (Å²) in [4.78, 5) is 8.94. The maximum Gasteiger partial charge on any atom is 0.145 e. The third kappa shape index (κ3) is 3.66. The summed E-state index contributed by atoms with van der Waals surface area (Å²) in [6.45, 7) is 0. The van der Waals surface area contributed by atoms with Gasteiger partial charge in [0.05, 0.1) is 27.6 Å². The number of hydrogen-bond donors (Lipinski definition) is 1. The summed E-state index contributed by atoms with van der Waals surface area (Å²) < 4.78 is 4.76. The van der Waals surface area contributed by atoms with Gasteiger partial charge >= 0.3 is 0 Å². The van der Waals surface area contributed by atoms with Gasteiger partial charge in [0.2, 0.25) is 0 Å². The highest BCUT2D eigenvalue weighted by Gasteiger charge is 2.23. The number of imidazole rings is 1. The van der Waals surface area contributed by atoms with Crippen molar-refractivity contribution in [1.82, 2.24) is 19.1 Å². The molecule has 0 aliphatic rings. The van der Waals surface area contributed by atoms with Crippen molar-refractivity contribution in [2.24, 2.45) is 0 Å². The molecule has 3 heterocycles. The first-order valence-corrected chi connectivity index (χ1v) is 16.7. The summed E-state index contributed by atoms with van der Waals surface area (Å²) >= 11 is 0. The molecule has 0 bridgehead atoms. The third-order valence-corrected chi connectivity index (χ3v) is 10.2. The number of hydrogen-bond acceptors (Lipinski definition) is 1. The number of benzene rings is 8. The standard InChI is InChI=1S/C45H28N4/c1-2-13-30(14-3-1)48-39-21-11-10-20-38(39)47-45(48)29-22-25-31(26-23-29)49-43-32-15-5-4-12-28(32)24-27-36(43)41-40-35-18-8-9-19-37(35)46-42(40)33-16-6-7-17-34(33)44(41)49/h1-27,46H. The molecule has 0 aliphatic heterocycles. The van der Waals surface area contributed by atoms with Gasteiger partial charge in [0.25, 0.3) is 0 Å². The molecule has 49 heavy (non-hydrogen) atoms. The van der Waals surface area contributed by atoms with Crippen molar-refractivity contribution in [3.8, 4) is 22.8 Å². The van der Waals surface area contributed by atoms with Crippen molar-refractivity contribution in [1.29, 1.82) is 0 Å². The minimum atomic E-state index is 0.928. The largest absolute Gasteiger partial charge is 0.354 e. The van der Waals surface area contributed by atoms with Gasteiger partial charge in [-0.05, 0) is 60.0 Å². The van der Waals surface area contributed by atoms with Crippen LogP contribution in [-0.4, -0.2) is 19.1 Å². The van der Waals surface area contributed by atoms with Crippen molar-refractivity contribution in [2.75, 3.05) is 0 Å². The summed E-state index contributed by atoms with van der Waals surface area (Å²) in [5.74, 6) is 0.928. The predicted octanol–water partition coefficient (Wildman–Crippen LogP) is 11.7.